The van der Waals surface area contributed by atoms with Gasteiger partial charge in [0.1, 0.15) is 11.0 Å². The second-order valence-electron chi connectivity index (χ2n) is 3.95. The normalized spacial score (nSPS) is 11.5. The maximum atomic E-state index is 5.95. The van der Waals surface area contributed by atoms with Gasteiger partial charge >= 0.3 is 0 Å². The summed E-state index contributed by atoms with van der Waals surface area (Å²) in [6.07, 6.45) is 1.62. The Hall–Kier alpha value is -1.88. The Bertz CT molecular complexity index is 747. The van der Waals surface area contributed by atoms with E-state index in [4.69, 9.17) is 17.3 Å². The zero-order valence-electron chi connectivity index (χ0n) is 9.40. The Morgan fingerprint density at radius 2 is 2.18 bits per heavy atom. The molecule has 6 heteroatoms. The molecular formula is C11H10ClN5. The average molecular weight is 248 g/mol. The zero-order valence-corrected chi connectivity index (χ0v) is 10.2. The number of pyridine rings is 2. The monoisotopic (exact) mass is 247 g/mol. The average Bonchev–Trinajstić information content (AvgIpc) is 2.56. The van der Waals surface area contributed by atoms with Crippen molar-refractivity contribution in [3.8, 4) is 0 Å². The highest BCUT2D eigenvalue weighted by atomic mass is 35.5. The van der Waals surface area contributed by atoms with E-state index >= 15 is 0 Å². The second-order valence-corrected chi connectivity index (χ2v) is 4.34. The Kier molecular flexibility index (Phi) is 2.00. The number of aryl methyl sites for hydroxylation is 2. The standard InChI is InChI=1S/C11H10ClN5/c1-5-9-10(17(2)16-5)6-3-8(12)14-4-7(6)15-11(9)13/h3-4H,1-2H3,(H2,13,15). The molecule has 17 heavy (non-hydrogen) atoms. The summed E-state index contributed by atoms with van der Waals surface area (Å²) in [4.78, 5) is 8.33. The number of aromatic nitrogens is 4. The first-order valence-corrected chi connectivity index (χ1v) is 5.50. The number of hydrogen-bond acceptors (Lipinski definition) is 4. The fraction of sp³-hybridized carbons (Fsp3) is 0.182. The third-order valence-electron chi connectivity index (χ3n) is 2.82. The molecule has 0 fully saturated rings. The number of rotatable bonds is 0. The van der Waals surface area contributed by atoms with Crippen molar-refractivity contribution in [1.82, 2.24) is 19.7 Å². The topological polar surface area (TPSA) is 69.6 Å². The van der Waals surface area contributed by atoms with Crippen molar-refractivity contribution >= 4 is 39.2 Å². The first-order chi connectivity index (χ1) is 8.08. The highest BCUT2D eigenvalue weighted by Gasteiger charge is 2.14. The molecule has 5 nitrogen and oxygen atoms in total. The van der Waals surface area contributed by atoms with E-state index in [9.17, 15) is 0 Å². The van der Waals surface area contributed by atoms with Gasteiger partial charge < -0.3 is 5.73 Å². The van der Waals surface area contributed by atoms with Crippen molar-refractivity contribution < 1.29 is 0 Å². The molecule has 3 aromatic rings. The molecule has 0 spiro atoms. The smallest absolute Gasteiger partial charge is 0.135 e. The molecule has 0 aromatic carbocycles. The summed E-state index contributed by atoms with van der Waals surface area (Å²) in [6, 6.07) is 1.78. The van der Waals surface area contributed by atoms with Gasteiger partial charge in [-0.1, -0.05) is 11.6 Å². The van der Waals surface area contributed by atoms with Crippen LogP contribution in [0.3, 0.4) is 0 Å². The van der Waals surface area contributed by atoms with Crippen LogP contribution in [0.25, 0.3) is 21.8 Å². The van der Waals surface area contributed by atoms with Crippen LogP contribution < -0.4 is 5.73 Å². The number of halogens is 1. The molecule has 0 saturated heterocycles. The lowest BCUT2D eigenvalue weighted by Crippen LogP contribution is -1.96. The molecule has 0 amide bonds. The maximum absolute atomic E-state index is 5.95. The lowest BCUT2D eigenvalue weighted by Gasteiger charge is -2.04. The van der Waals surface area contributed by atoms with E-state index in [0.717, 1.165) is 27.5 Å². The van der Waals surface area contributed by atoms with Crippen molar-refractivity contribution in [2.75, 3.05) is 5.73 Å². The van der Waals surface area contributed by atoms with E-state index < -0.39 is 0 Å². The van der Waals surface area contributed by atoms with Gasteiger partial charge in [-0.05, 0) is 13.0 Å². The fourth-order valence-corrected chi connectivity index (χ4v) is 2.32. The minimum atomic E-state index is 0.434. The Morgan fingerprint density at radius 3 is 2.94 bits per heavy atom. The summed E-state index contributed by atoms with van der Waals surface area (Å²) in [5.74, 6) is 0.474. The van der Waals surface area contributed by atoms with E-state index in [0.29, 0.717) is 11.0 Å². The van der Waals surface area contributed by atoms with Gasteiger partial charge in [-0.25, -0.2) is 9.97 Å². The summed E-state index contributed by atoms with van der Waals surface area (Å²) in [7, 11) is 1.88. The van der Waals surface area contributed by atoms with Crippen LogP contribution in [0, 0.1) is 6.92 Å². The molecule has 0 unspecified atom stereocenters. The molecule has 0 aliphatic heterocycles. The van der Waals surface area contributed by atoms with Crippen molar-refractivity contribution in [3.05, 3.63) is 23.1 Å². The van der Waals surface area contributed by atoms with Crippen LogP contribution in [0.5, 0.6) is 0 Å². The zero-order chi connectivity index (χ0) is 12.2. The van der Waals surface area contributed by atoms with Gasteiger partial charge in [0.15, 0.2) is 0 Å². The highest BCUT2D eigenvalue weighted by Crippen LogP contribution is 2.30. The van der Waals surface area contributed by atoms with Crippen LogP contribution in [0.2, 0.25) is 5.15 Å². The van der Waals surface area contributed by atoms with Crippen molar-refractivity contribution in [2.24, 2.45) is 7.05 Å². The van der Waals surface area contributed by atoms with Crippen LogP contribution in [0.15, 0.2) is 12.3 Å². The van der Waals surface area contributed by atoms with Crippen molar-refractivity contribution in [3.63, 3.8) is 0 Å². The SMILES string of the molecule is Cc1nn(C)c2c1c(N)nc1cnc(Cl)cc12. The van der Waals surface area contributed by atoms with Gasteiger partial charge in [-0.2, -0.15) is 5.10 Å². The van der Waals surface area contributed by atoms with E-state index in [1.165, 1.54) is 0 Å². The van der Waals surface area contributed by atoms with Gasteiger partial charge in [-0.15, -0.1) is 0 Å². The third-order valence-corrected chi connectivity index (χ3v) is 3.03. The molecule has 3 aromatic heterocycles. The lowest BCUT2D eigenvalue weighted by atomic mass is 10.1. The van der Waals surface area contributed by atoms with Crippen molar-refractivity contribution in [2.45, 2.75) is 6.92 Å². The predicted molar refractivity (Wildman–Crippen MR) is 68.0 cm³/mol. The highest BCUT2D eigenvalue weighted by molar-refractivity contribution is 6.30. The van der Waals surface area contributed by atoms with Crippen LogP contribution in [0.4, 0.5) is 5.82 Å². The van der Waals surface area contributed by atoms with E-state index in [2.05, 4.69) is 15.1 Å². The second kappa shape index (κ2) is 3.30. The van der Waals surface area contributed by atoms with Gasteiger partial charge in [0, 0.05) is 12.4 Å². The van der Waals surface area contributed by atoms with Gasteiger partial charge in [-0.3, -0.25) is 4.68 Å². The van der Waals surface area contributed by atoms with Crippen LogP contribution in [-0.2, 0) is 7.05 Å². The number of hydrogen-bond donors (Lipinski definition) is 1. The lowest BCUT2D eigenvalue weighted by molar-refractivity contribution is 0.785. The molecular weight excluding hydrogens is 238 g/mol. The van der Waals surface area contributed by atoms with Crippen LogP contribution >= 0.6 is 11.6 Å². The number of fused-ring (bicyclic) bond motifs is 3. The molecule has 0 radical (unpaired) electrons. The molecule has 0 bridgehead atoms. The predicted octanol–water partition coefficient (Wildman–Crippen LogP) is 2.06. The van der Waals surface area contributed by atoms with Crippen LogP contribution in [-0.4, -0.2) is 19.7 Å². The molecule has 0 saturated carbocycles. The molecule has 0 aliphatic carbocycles. The molecule has 0 atom stereocenters. The third kappa shape index (κ3) is 1.36. The Morgan fingerprint density at radius 1 is 1.41 bits per heavy atom. The number of nitrogens with zero attached hydrogens (tertiary/aromatic N) is 4. The van der Waals surface area contributed by atoms with E-state index in [1.807, 2.05) is 14.0 Å². The Labute approximate surface area is 102 Å². The first-order valence-electron chi connectivity index (χ1n) is 5.12. The summed E-state index contributed by atoms with van der Waals surface area (Å²) in [5.41, 5.74) is 8.48. The molecule has 2 N–H and O–H groups in total. The number of anilines is 1. The number of nitrogen functional groups attached to an aromatic ring is 1. The quantitative estimate of drug-likeness (QED) is 0.618. The molecule has 86 valence electrons. The van der Waals surface area contributed by atoms with Gasteiger partial charge in [0.2, 0.25) is 0 Å². The fourth-order valence-electron chi connectivity index (χ4n) is 2.16. The minimum Gasteiger partial charge on any atom is -0.383 e. The summed E-state index contributed by atoms with van der Waals surface area (Å²) in [5, 5.41) is 6.59. The van der Waals surface area contributed by atoms with Gasteiger partial charge in [0.25, 0.3) is 0 Å². The molecule has 0 aliphatic rings. The first kappa shape index (κ1) is 10.3. The summed E-state index contributed by atoms with van der Waals surface area (Å²) >= 11 is 5.92. The number of nitrogens with two attached hydrogens (primary N) is 1. The maximum Gasteiger partial charge on any atom is 0.135 e. The summed E-state index contributed by atoms with van der Waals surface area (Å²) < 4.78 is 1.79. The van der Waals surface area contributed by atoms with Crippen LogP contribution in [0.1, 0.15) is 5.69 Å². The minimum absolute atomic E-state index is 0.434. The molecule has 3 heterocycles. The van der Waals surface area contributed by atoms with Gasteiger partial charge in [0.05, 0.1) is 28.3 Å². The largest absolute Gasteiger partial charge is 0.383 e. The van der Waals surface area contributed by atoms with Crippen molar-refractivity contribution in [1.29, 1.82) is 0 Å². The van der Waals surface area contributed by atoms with E-state index in [1.54, 1.807) is 16.9 Å². The molecule has 3 rings (SSSR count). The summed E-state index contributed by atoms with van der Waals surface area (Å²) in [6.45, 7) is 1.91. The van der Waals surface area contributed by atoms with E-state index in [-0.39, 0.29) is 0 Å². The Balaban J connectivity index is 2.65.